The minimum absolute atomic E-state index is 0.483. The lowest BCUT2D eigenvalue weighted by molar-refractivity contribution is 0.402. The van der Waals surface area contributed by atoms with Crippen LogP contribution in [0, 0.1) is 0 Å². The molecule has 0 aromatic heterocycles. The van der Waals surface area contributed by atoms with Gasteiger partial charge in [-0.1, -0.05) is 26.0 Å². The minimum atomic E-state index is 0.483. The van der Waals surface area contributed by atoms with E-state index in [9.17, 15) is 0 Å². The van der Waals surface area contributed by atoms with Crippen molar-refractivity contribution in [3.63, 3.8) is 0 Å². The molecule has 1 aromatic carbocycles. The molecule has 1 N–H and O–H groups in total. The zero-order chi connectivity index (χ0) is 11.5. The summed E-state index contributed by atoms with van der Waals surface area (Å²) in [6, 6.07) is 7.11. The van der Waals surface area contributed by atoms with Crippen molar-refractivity contribution in [2.45, 2.75) is 38.6 Å². The first-order valence-corrected chi connectivity index (χ1v) is 6.13. The second-order valence-corrected chi connectivity index (χ2v) is 4.81. The molecule has 0 aliphatic carbocycles. The predicted molar refractivity (Wildman–Crippen MR) is 67.1 cm³/mol. The van der Waals surface area contributed by atoms with Crippen molar-refractivity contribution in [2.75, 3.05) is 13.7 Å². The number of benzene rings is 1. The number of rotatable bonds is 3. The van der Waals surface area contributed by atoms with Crippen LogP contribution in [0.3, 0.4) is 0 Å². The summed E-state index contributed by atoms with van der Waals surface area (Å²) in [6.45, 7) is 5.55. The molecule has 16 heavy (non-hydrogen) atoms. The van der Waals surface area contributed by atoms with Crippen LogP contribution in [-0.4, -0.2) is 13.7 Å². The minimum Gasteiger partial charge on any atom is -0.496 e. The Balaban J connectivity index is 2.30. The first-order valence-electron chi connectivity index (χ1n) is 6.13. The van der Waals surface area contributed by atoms with Gasteiger partial charge in [-0.05, 0) is 36.9 Å². The molecule has 2 rings (SSSR count). The summed E-state index contributed by atoms with van der Waals surface area (Å²) >= 11 is 0. The van der Waals surface area contributed by atoms with Crippen molar-refractivity contribution in [3.8, 4) is 5.75 Å². The highest BCUT2D eigenvalue weighted by atomic mass is 16.5. The molecule has 1 atom stereocenters. The van der Waals surface area contributed by atoms with Crippen LogP contribution in [0.15, 0.2) is 18.2 Å². The van der Waals surface area contributed by atoms with Crippen molar-refractivity contribution in [1.29, 1.82) is 0 Å². The third-order valence-electron chi connectivity index (χ3n) is 3.36. The molecule has 0 saturated carbocycles. The predicted octanol–water partition coefficient (Wildman–Crippen LogP) is 3.24. The summed E-state index contributed by atoms with van der Waals surface area (Å²) in [5.41, 5.74) is 2.66. The average Bonchev–Trinajstić information content (AvgIpc) is 2.81. The smallest absolute Gasteiger partial charge is 0.123 e. The van der Waals surface area contributed by atoms with Crippen LogP contribution in [0.25, 0.3) is 0 Å². The molecule has 0 spiro atoms. The van der Waals surface area contributed by atoms with Gasteiger partial charge in [-0.15, -0.1) is 0 Å². The van der Waals surface area contributed by atoms with Gasteiger partial charge in [-0.2, -0.15) is 0 Å². The van der Waals surface area contributed by atoms with Gasteiger partial charge in [0.05, 0.1) is 7.11 Å². The third-order valence-corrected chi connectivity index (χ3v) is 3.36. The van der Waals surface area contributed by atoms with E-state index < -0.39 is 0 Å². The fourth-order valence-electron chi connectivity index (χ4n) is 2.32. The van der Waals surface area contributed by atoms with E-state index in [1.54, 1.807) is 7.11 Å². The maximum atomic E-state index is 5.51. The number of hydrogen-bond donors (Lipinski definition) is 1. The van der Waals surface area contributed by atoms with Gasteiger partial charge in [0.1, 0.15) is 5.75 Å². The Morgan fingerprint density at radius 1 is 1.38 bits per heavy atom. The number of nitrogens with one attached hydrogen (secondary N) is 1. The van der Waals surface area contributed by atoms with E-state index >= 15 is 0 Å². The van der Waals surface area contributed by atoms with Crippen LogP contribution in [0.4, 0.5) is 0 Å². The molecule has 1 aliphatic heterocycles. The molecule has 2 heteroatoms. The lowest BCUT2D eigenvalue weighted by Crippen LogP contribution is -2.14. The van der Waals surface area contributed by atoms with E-state index in [1.807, 2.05) is 0 Å². The lowest BCUT2D eigenvalue weighted by atomic mass is 9.97. The van der Waals surface area contributed by atoms with Gasteiger partial charge in [-0.3, -0.25) is 0 Å². The quantitative estimate of drug-likeness (QED) is 0.842. The van der Waals surface area contributed by atoms with Crippen molar-refractivity contribution in [3.05, 3.63) is 29.3 Å². The lowest BCUT2D eigenvalue weighted by Gasteiger charge is -2.17. The van der Waals surface area contributed by atoms with Gasteiger partial charge < -0.3 is 10.1 Å². The maximum Gasteiger partial charge on any atom is 0.123 e. The van der Waals surface area contributed by atoms with Crippen LogP contribution in [0.2, 0.25) is 0 Å². The number of hydrogen-bond acceptors (Lipinski definition) is 2. The van der Waals surface area contributed by atoms with Crippen LogP contribution in [0.1, 0.15) is 49.8 Å². The largest absolute Gasteiger partial charge is 0.496 e. The van der Waals surface area contributed by atoms with E-state index in [0.29, 0.717) is 12.0 Å². The zero-order valence-electron chi connectivity index (χ0n) is 10.4. The molecule has 0 radical (unpaired) electrons. The van der Waals surface area contributed by atoms with Crippen LogP contribution in [-0.2, 0) is 0 Å². The van der Waals surface area contributed by atoms with Crippen LogP contribution >= 0.6 is 0 Å². The molecule has 1 unspecified atom stereocenters. The summed E-state index contributed by atoms with van der Waals surface area (Å²) in [6.07, 6.45) is 2.48. The number of methoxy groups -OCH3 is 1. The summed E-state index contributed by atoms with van der Waals surface area (Å²) in [7, 11) is 1.76. The molecule has 0 bridgehead atoms. The molecular weight excluding hydrogens is 198 g/mol. The highest BCUT2D eigenvalue weighted by Crippen LogP contribution is 2.33. The first kappa shape index (κ1) is 11.5. The molecule has 1 aliphatic rings. The Kier molecular flexibility index (Phi) is 3.49. The zero-order valence-corrected chi connectivity index (χ0v) is 10.4. The topological polar surface area (TPSA) is 21.3 Å². The fraction of sp³-hybridized carbons (Fsp3) is 0.571. The molecule has 1 saturated heterocycles. The number of ether oxygens (including phenoxy) is 1. The van der Waals surface area contributed by atoms with Crippen molar-refractivity contribution in [2.24, 2.45) is 0 Å². The maximum absolute atomic E-state index is 5.51. The average molecular weight is 219 g/mol. The first-order chi connectivity index (χ1) is 7.72. The SMILES string of the molecule is COc1cc(C(C)C)ccc1C1CCCN1. The molecule has 1 heterocycles. The summed E-state index contributed by atoms with van der Waals surface area (Å²) < 4.78 is 5.51. The highest BCUT2D eigenvalue weighted by Gasteiger charge is 2.20. The Morgan fingerprint density at radius 2 is 2.19 bits per heavy atom. The summed E-state index contributed by atoms with van der Waals surface area (Å²) in [5.74, 6) is 1.59. The normalized spacial score (nSPS) is 20.4. The van der Waals surface area contributed by atoms with Crippen LogP contribution < -0.4 is 10.1 Å². The Hall–Kier alpha value is -1.02. The van der Waals surface area contributed by atoms with Gasteiger partial charge in [0.2, 0.25) is 0 Å². The van der Waals surface area contributed by atoms with Crippen LogP contribution in [0.5, 0.6) is 5.75 Å². The third kappa shape index (κ3) is 2.22. The molecule has 0 amide bonds. The van der Waals surface area contributed by atoms with Crippen molar-refractivity contribution in [1.82, 2.24) is 5.32 Å². The fourth-order valence-corrected chi connectivity index (χ4v) is 2.32. The van der Waals surface area contributed by atoms with E-state index in [-0.39, 0.29) is 0 Å². The van der Waals surface area contributed by atoms with E-state index in [0.717, 1.165) is 12.3 Å². The molecule has 1 aromatic rings. The summed E-state index contributed by atoms with van der Waals surface area (Å²) in [4.78, 5) is 0. The molecule has 1 fully saturated rings. The Labute approximate surface area is 98.0 Å². The standard InChI is InChI=1S/C14H21NO/c1-10(2)11-6-7-12(14(9-11)16-3)13-5-4-8-15-13/h6-7,9-10,13,15H,4-5,8H2,1-3H3. The monoisotopic (exact) mass is 219 g/mol. The molecular formula is C14H21NO. The van der Waals surface area contributed by atoms with Gasteiger partial charge in [-0.25, -0.2) is 0 Å². The molecule has 2 nitrogen and oxygen atoms in total. The van der Waals surface area contributed by atoms with E-state index in [1.165, 1.54) is 24.0 Å². The van der Waals surface area contributed by atoms with Gasteiger partial charge in [0, 0.05) is 11.6 Å². The second kappa shape index (κ2) is 4.88. The Morgan fingerprint density at radius 3 is 2.75 bits per heavy atom. The molecule has 88 valence electrons. The van der Waals surface area contributed by atoms with E-state index in [2.05, 4.69) is 37.4 Å². The van der Waals surface area contributed by atoms with Crippen molar-refractivity contribution < 1.29 is 4.74 Å². The van der Waals surface area contributed by atoms with Gasteiger partial charge >= 0.3 is 0 Å². The van der Waals surface area contributed by atoms with E-state index in [4.69, 9.17) is 4.74 Å². The highest BCUT2D eigenvalue weighted by molar-refractivity contribution is 5.41. The van der Waals surface area contributed by atoms with Gasteiger partial charge in [0.15, 0.2) is 0 Å². The Bertz CT molecular complexity index is 354. The van der Waals surface area contributed by atoms with Gasteiger partial charge in [0.25, 0.3) is 0 Å². The van der Waals surface area contributed by atoms with Crippen molar-refractivity contribution >= 4 is 0 Å². The second-order valence-electron chi connectivity index (χ2n) is 4.81. The summed E-state index contributed by atoms with van der Waals surface area (Å²) in [5, 5.41) is 3.52.